The van der Waals surface area contributed by atoms with Crippen molar-refractivity contribution >= 4 is 5.82 Å². The number of hydrogen-bond donors (Lipinski definition) is 1. The predicted molar refractivity (Wildman–Crippen MR) is 92.5 cm³/mol. The molecule has 2 aromatic rings. The minimum Gasteiger partial charge on any atom is -0.374 e. The minimum atomic E-state index is -0.309. The zero-order chi connectivity index (χ0) is 17.8. The molecule has 0 aromatic carbocycles. The smallest absolute Gasteiger partial charge is 0.330 e. The Morgan fingerprint density at radius 3 is 2.92 bits per heavy atom. The Balaban J connectivity index is 1.62. The largest absolute Gasteiger partial charge is 0.374 e. The zero-order valence-electron chi connectivity index (χ0n) is 14.4. The van der Waals surface area contributed by atoms with Crippen molar-refractivity contribution in [3.63, 3.8) is 0 Å². The van der Waals surface area contributed by atoms with Gasteiger partial charge in [0.05, 0.1) is 12.7 Å². The third-order valence-corrected chi connectivity index (χ3v) is 4.32. The van der Waals surface area contributed by atoms with E-state index in [4.69, 9.17) is 4.74 Å². The average molecular weight is 346 g/mol. The van der Waals surface area contributed by atoms with Gasteiger partial charge in [0.15, 0.2) is 0 Å². The number of ether oxygens (including phenoxy) is 1. The lowest BCUT2D eigenvalue weighted by Gasteiger charge is -2.33. The molecule has 0 amide bonds. The second-order valence-corrected chi connectivity index (χ2v) is 6.09. The lowest BCUT2D eigenvalue weighted by Crippen LogP contribution is -2.46. The van der Waals surface area contributed by atoms with Gasteiger partial charge >= 0.3 is 5.69 Å². The van der Waals surface area contributed by atoms with Crippen molar-refractivity contribution in [3.05, 3.63) is 50.9 Å². The Morgan fingerprint density at radius 2 is 2.16 bits per heavy atom. The monoisotopic (exact) mass is 346 g/mol. The first-order chi connectivity index (χ1) is 12.0. The van der Waals surface area contributed by atoms with Gasteiger partial charge in [0.25, 0.3) is 5.56 Å². The molecule has 1 unspecified atom stereocenters. The highest BCUT2D eigenvalue weighted by Gasteiger charge is 2.21. The SMILES string of the molecule is Cn1c(CN2CCOC(CNc3cccnn3)C2)cc(=O)n(C)c1=O. The number of morpholine rings is 1. The first-order valence-corrected chi connectivity index (χ1v) is 8.16. The van der Waals surface area contributed by atoms with E-state index in [0.29, 0.717) is 37.8 Å². The highest BCUT2D eigenvalue weighted by molar-refractivity contribution is 5.31. The summed E-state index contributed by atoms with van der Waals surface area (Å²) in [6.45, 7) is 3.21. The van der Waals surface area contributed by atoms with Gasteiger partial charge in [-0.2, -0.15) is 5.10 Å². The summed E-state index contributed by atoms with van der Waals surface area (Å²) < 4.78 is 8.40. The summed E-state index contributed by atoms with van der Waals surface area (Å²) in [5.41, 5.74) is 0.111. The molecule has 25 heavy (non-hydrogen) atoms. The summed E-state index contributed by atoms with van der Waals surface area (Å²) >= 11 is 0. The topological polar surface area (TPSA) is 94.3 Å². The molecule has 2 aromatic heterocycles. The van der Waals surface area contributed by atoms with E-state index < -0.39 is 0 Å². The van der Waals surface area contributed by atoms with Gasteiger partial charge in [-0.05, 0) is 12.1 Å². The van der Waals surface area contributed by atoms with Crippen molar-refractivity contribution in [2.75, 3.05) is 31.6 Å². The van der Waals surface area contributed by atoms with Crippen molar-refractivity contribution in [2.24, 2.45) is 14.1 Å². The summed E-state index contributed by atoms with van der Waals surface area (Å²) in [4.78, 5) is 26.1. The van der Waals surface area contributed by atoms with Gasteiger partial charge in [0, 0.05) is 58.2 Å². The number of nitrogens with zero attached hydrogens (tertiary/aromatic N) is 5. The zero-order valence-corrected chi connectivity index (χ0v) is 14.4. The molecular weight excluding hydrogens is 324 g/mol. The minimum absolute atomic E-state index is 0.000621. The second-order valence-electron chi connectivity index (χ2n) is 6.09. The fourth-order valence-corrected chi connectivity index (χ4v) is 2.82. The maximum Gasteiger partial charge on any atom is 0.330 e. The van der Waals surface area contributed by atoms with Gasteiger partial charge in [-0.15, -0.1) is 5.10 Å². The molecule has 1 N–H and O–H groups in total. The molecule has 0 bridgehead atoms. The van der Waals surface area contributed by atoms with Crippen LogP contribution in [0.4, 0.5) is 5.82 Å². The van der Waals surface area contributed by atoms with Gasteiger partial charge in [-0.3, -0.25) is 18.8 Å². The number of nitrogens with one attached hydrogen (secondary N) is 1. The average Bonchev–Trinajstić information content (AvgIpc) is 2.64. The van der Waals surface area contributed by atoms with Crippen LogP contribution in [0, 0.1) is 0 Å². The molecule has 0 spiro atoms. The van der Waals surface area contributed by atoms with Crippen LogP contribution < -0.4 is 16.6 Å². The summed E-state index contributed by atoms with van der Waals surface area (Å²) in [5.74, 6) is 0.706. The van der Waals surface area contributed by atoms with Crippen molar-refractivity contribution in [1.29, 1.82) is 0 Å². The maximum atomic E-state index is 12.0. The number of anilines is 1. The molecule has 0 aliphatic carbocycles. The molecule has 1 aliphatic heterocycles. The molecular formula is C16H22N6O3. The maximum absolute atomic E-state index is 12.0. The van der Waals surface area contributed by atoms with Gasteiger partial charge in [-0.1, -0.05) is 0 Å². The molecule has 1 aliphatic rings. The number of hydrogen-bond acceptors (Lipinski definition) is 7. The number of rotatable bonds is 5. The van der Waals surface area contributed by atoms with E-state index in [1.807, 2.05) is 12.1 Å². The van der Waals surface area contributed by atoms with Crippen LogP contribution in [0.2, 0.25) is 0 Å². The Hall–Kier alpha value is -2.52. The standard InChI is InChI=1S/C16H22N6O3/c1-20-12(8-15(23)21(2)16(20)24)10-22-6-7-25-13(11-22)9-17-14-4-3-5-18-19-14/h3-5,8,13H,6-7,9-11H2,1-2H3,(H,17,19). The van der Waals surface area contributed by atoms with E-state index in [1.54, 1.807) is 13.2 Å². The van der Waals surface area contributed by atoms with E-state index in [0.717, 1.165) is 11.1 Å². The molecule has 1 fully saturated rings. The Labute approximate surface area is 144 Å². The van der Waals surface area contributed by atoms with E-state index in [1.165, 1.54) is 17.7 Å². The third-order valence-electron chi connectivity index (χ3n) is 4.32. The van der Waals surface area contributed by atoms with Crippen LogP contribution in [-0.4, -0.2) is 56.6 Å². The predicted octanol–water partition coefficient (Wildman–Crippen LogP) is -0.813. The van der Waals surface area contributed by atoms with Gasteiger partial charge in [0.2, 0.25) is 0 Å². The Bertz CT molecular complexity index is 832. The highest BCUT2D eigenvalue weighted by atomic mass is 16.5. The lowest BCUT2D eigenvalue weighted by molar-refractivity contribution is -0.0248. The summed E-state index contributed by atoms with van der Waals surface area (Å²) in [6, 6.07) is 5.19. The van der Waals surface area contributed by atoms with Crippen LogP contribution in [-0.2, 0) is 25.4 Å². The van der Waals surface area contributed by atoms with Crippen LogP contribution in [0.1, 0.15) is 5.69 Å². The molecule has 1 atom stereocenters. The van der Waals surface area contributed by atoms with Crippen molar-refractivity contribution in [2.45, 2.75) is 12.6 Å². The Morgan fingerprint density at radius 1 is 1.32 bits per heavy atom. The normalized spacial score (nSPS) is 18.2. The fraction of sp³-hybridized carbons (Fsp3) is 0.500. The summed E-state index contributed by atoms with van der Waals surface area (Å²) in [7, 11) is 3.17. The van der Waals surface area contributed by atoms with E-state index in [2.05, 4.69) is 20.4 Å². The molecule has 9 nitrogen and oxygen atoms in total. The van der Waals surface area contributed by atoms with Crippen LogP contribution in [0.25, 0.3) is 0 Å². The second kappa shape index (κ2) is 7.58. The third kappa shape index (κ3) is 4.12. The van der Waals surface area contributed by atoms with Gasteiger partial charge < -0.3 is 10.1 Å². The van der Waals surface area contributed by atoms with Crippen molar-refractivity contribution < 1.29 is 4.74 Å². The highest BCUT2D eigenvalue weighted by Crippen LogP contribution is 2.10. The van der Waals surface area contributed by atoms with Crippen molar-refractivity contribution in [1.82, 2.24) is 24.2 Å². The quantitative estimate of drug-likeness (QED) is 0.756. The first kappa shape index (κ1) is 17.3. The first-order valence-electron chi connectivity index (χ1n) is 8.16. The molecule has 134 valence electrons. The van der Waals surface area contributed by atoms with Crippen LogP contribution >= 0.6 is 0 Å². The number of aromatic nitrogens is 4. The fourth-order valence-electron chi connectivity index (χ4n) is 2.82. The van der Waals surface area contributed by atoms with Crippen LogP contribution in [0.5, 0.6) is 0 Å². The molecule has 3 heterocycles. The lowest BCUT2D eigenvalue weighted by atomic mass is 10.2. The molecule has 9 heteroatoms. The van der Waals surface area contributed by atoms with Gasteiger partial charge in [-0.25, -0.2) is 4.79 Å². The van der Waals surface area contributed by atoms with E-state index in [9.17, 15) is 9.59 Å². The molecule has 1 saturated heterocycles. The van der Waals surface area contributed by atoms with Crippen LogP contribution in [0.3, 0.4) is 0 Å². The summed E-state index contributed by atoms with van der Waals surface area (Å²) in [6.07, 6.45) is 1.62. The molecule has 0 saturated carbocycles. The summed E-state index contributed by atoms with van der Waals surface area (Å²) in [5, 5.41) is 11.0. The van der Waals surface area contributed by atoms with Crippen molar-refractivity contribution in [3.8, 4) is 0 Å². The van der Waals surface area contributed by atoms with Gasteiger partial charge in [0.1, 0.15) is 5.82 Å². The van der Waals surface area contributed by atoms with E-state index in [-0.39, 0.29) is 17.4 Å². The van der Waals surface area contributed by atoms with E-state index >= 15 is 0 Å². The Kier molecular flexibility index (Phi) is 5.25. The molecule has 0 radical (unpaired) electrons. The van der Waals surface area contributed by atoms with Crippen LogP contribution in [0.15, 0.2) is 34.0 Å². The molecule has 3 rings (SSSR count).